The highest BCUT2D eigenvalue weighted by atomic mass is 32.2. The second kappa shape index (κ2) is 7.63. The molecule has 0 aromatic heterocycles. The molecule has 0 saturated carbocycles. The number of carbonyl (C=O) groups excluding carboxylic acids is 1. The Morgan fingerprint density at radius 2 is 2.29 bits per heavy atom. The van der Waals surface area contributed by atoms with Gasteiger partial charge in [0.1, 0.15) is 0 Å². The Morgan fingerprint density at radius 3 is 2.86 bits per heavy atom. The number of nitro groups is 1. The molecule has 1 atom stereocenters. The molecule has 21 heavy (non-hydrogen) atoms. The average molecular weight is 313 g/mol. The number of allylic oxidation sites excluding steroid dienone is 1. The molecular weight excluding hydrogens is 299 g/mol. The first-order valence-electron chi connectivity index (χ1n) is 6.04. The first-order chi connectivity index (χ1) is 9.85. The summed E-state index contributed by atoms with van der Waals surface area (Å²) in [5, 5.41) is 10.6. The number of benzene rings is 1. The van der Waals surface area contributed by atoms with Gasteiger partial charge in [-0.1, -0.05) is 24.7 Å². The maximum absolute atomic E-state index is 13.2. The molecule has 1 aromatic carbocycles. The zero-order valence-electron chi connectivity index (χ0n) is 11.3. The van der Waals surface area contributed by atoms with Gasteiger partial charge in [-0.25, -0.2) is 0 Å². The minimum Gasteiger partial charge on any atom is -0.444 e. The van der Waals surface area contributed by atoms with Crippen LogP contribution in [-0.2, 0) is 14.8 Å². The maximum Gasteiger partial charge on any atom is 0.305 e. The SMILES string of the molecule is C=CCC(C)C[S-](=O)=NC(=O)c1ccc(F)c([N+](=O)[O-])c1. The summed E-state index contributed by atoms with van der Waals surface area (Å²) in [6.45, 7) is 5.39. The summed E-state index contributed by atoms with van der Waals surface area (Å²) in [7, 11) is -1.74. The van der Waals surface area contributed by atoms with E-state index >= 15 is 0 Å². The number of nitrogens with zero attached hydrogens (tertiary/aromatic N) is 2. The van der Waals surface area contributed by atoms with E-state index in [0.29, 0.717) is 6.42 Å². The molecule has 1 unspecified atom stereocenters. The molecule has 0 fully saturated rings. The molecule has 0 radical (unpaired) electrons. The van der Waals surface area contributed by atoms with E-state index in [1.54, 1.807) is 6.08 Å². The standard InChI is InChI=1S/C13H14FN2O4S/c1-3-4-9(2)8-21(20)15-13(17)10-5-6-11(14)12(7-10)16(18)19/h3,5-7,9H,1,4,8H2,2H3/q-1. The Kier molecular flexibility index (Phi) is 6.16. The van der Waals surface area contributed by atoms with Crippen molar-refractivity contribution in [1.82, 2.24) is 0 Å². The zero-order valence-corrected chi connectivity index (χ0v) is 12.1. The zero-order chi connectivity index (χ0) is 16.0. The molecular formula is C13H14FN2O4S-. The van der Waals surface area contributed by atoms with Crippen molar-refractivity contribution in [2.45, 2.75) is 13.3 Å². The summed E-state index contributed by atoms with van der Waals surface area (Å²) in [6.07, 6.45) is 2.31. The number of carbonyl (C=O) groups is 1. The summed E-state index contributed by atoms with van der Waals surface area (Å²) in [6, 6.07) is 2.66. The van der Waals surface area contributed by atoms with Gasteiger partial charge in [0, 0.05) is 11.6 Å². The predicted octanol–water partition coefficient (Wildman–Crippen LogP) is 3.23. The predicted molar refractivity (Wildman–Crippen MR) is 76.7 cm³/mol. The number of nitro benzene ring substituents is 1. The van der Waals surface area contributed by atoms with E-state index in [0.717, 1.165) is 18.2 Å². The lowest BCUT2D eigenvalue weighted by atomic mass is 10.1. The Bertz CT molecular complexity index is 654. The lowest BCUT2D eigenvalue weighted by molar-refractivity contribution is -0.387. The molecule has 8 heteroatoms. The van der Waals surface area contributed by atoms with Gasteiger partial charge in [-0.2, -0.15) is 15.0 Å². The van der Waals surface area contributed by atoms with E-state index in [4.69, 9.17) is 0 Å². The van der Waals surface area contributed by atoms with E-state index < -0.39 is 32.9 Å². The van der Waals surface area contributed by atoms with Crippen LogP contribution in [0.2, 0.25) is 0 Å². The smallest absolute Gasteiger partial charge is 0.305 e. The molecule has 1 rings (SSSR count). The van der Waals surface area contributed by atoms with Gasteiger partial charge in [0.2, 0.25) is 5.82 Å². The first kappa shape index (κ1) is 17.0. The summed E-state index contributed by atoms with van der Waals surface area (Å²) in [5.74, 6) is -1.69. The Morgan fingerprint density at radius 1 is 1.62 bits per heavy atom. The summed E-state index contributed by atoms with van der Waals surface area (Å²) >= 11 is 0. The highest BCUT2D eigenvalue weighted by molar-refractivity contribution is 7.75. The highest BCUT2D eigenvalue weighted by Gasteiger charge is 2.16. The van der Waals surface area contributed by atoms with Crippen LogP contribution in [-0.4, -0.2) is 16.6 Å². The van der Waals surface area contributed by atoms with Crippen LogP contribution in [0.3, 0.4) is 0 Å². The van der Waals surface area contributed by atoms with Crippen molar-refractivity contribution in [2.24, 2.45) is 10.3 Å². The molecule has 0 aliphatic rings. The second-order valence-corrected chi connectivity index (χ2v) is 5.60. The Balaban J connectivity index is 2.94. The van der Waals surface area contributed by atoms with Crippen LogP contribution in [0.25, 0.3) is 0 Å². The van der Waals surface area contributed by atoms with Gasteiger partial charge < -0.3 is 8.57 Å². The van der Waals surface area contributed by atoms with Gasteiger partial charge in [0.05, 0.1) is 4.92 Å². The monoisotopic (exact) mass is 313 g/mol. The molecule has 0 heterocycles. The number of amides is 1. The minimum atomic E-state index is -1.74. The van der Waals surface area contributed by atoms with E-state index in [1.807, 2.05) is 6.92 Å². The van der Waals surface area contributed by atoms with E-state index in [-0.39, 0.29) is 17.2 Å². The molecule has 0 spiro atoms. The van der Waals surface area contributed by atoms with Crippen molar-refractivity contribution in [3.63, 3.8) is 0 Å². The highest BCUT2D eigenvalue weighted by Crippen LogP contribution is 2.19. The van der Waals surface area contributed by atoms with Crippen molar-refractivity contribution in [1.29, 1.82) is 0 Å². The molecule has 1 aromatic rings. The van der Waals surface area contributed by atoms with Gasteiger partial charge in [0.25, 0.3) is 5.91 Å². The maximum atomic E-state index is 13.2. The van der Waals surface area contributed by atoms with E-state index in [9.17, 15) is 23.5 Å². The Hall–Kier alpha value is -2.09. The third-order valence-electron chi connectivity index (χ3n) is 2.57. The van der Waals surface area contributed by atoms with Gasteiger partial charge in [-0.3, -0.25) is 14.9 Å². The average Bonchev–Trinajstić information content (AvgIpc) is 2.38. The fraction of sp³-hybridized carbons (Fsp3) is 0.308. The van der Waals surface area contributed by atoms with Crippen LogP contribution in [0, 0.1) is 21.8 Å². The second-order valence-electron chi connectivity index (χ2n) is 4.44. The molecule has 0 aliphatic heterocycles. The molecule has 114 valence electrons. The van der Waals surface area contributed by atoms with Crippen molar-refractivity contribution < 1.29 is 18.3 Å². The van der Waals surface area contributed by atoms with Crippen molar-refractivity contribution in [3.05, 3.63) is 52.3 Å². The van der Waals surface area contributed by atoms with E-state index in [1.165, 1.54) is 0 Å². The van der Waals surface area contributed by atoms with E-state index in [2.05, 4.69) is 10.9 Å². The summed E-state index contributed by atoms with van der Waals surface area (Å²) < 4.78 is 28.3. The van der Waals surface area contributed by atoms with Gasteiger partial charge in [-0.15, -0.1) is 6.58 Å². The molecule has 1 amide bonds. The summed E-state index contributed by atoms with van der Waals surface area (Å²) in [5.41, 5.74) is -0.991. The molecule has 0 aliphatic carbocycles. The van der Waals surface area contributed by atoms with Crippen molar-refractivity contribution in [2.75, 3.05) is 5.75 Å². The number of hydrogen-bond acceptors (Lipinski definition) is 5. The molecule has 0 bridgehead atoms. The van der Waals surface area contributed by atoms with Crippen LogP contribution in [0.5, 0.6) is 0 Å². The summed E-state index contributed by atoms with van der Waals surface area (Å²) in [4.78, 5) is 21.4. The lowest BCUT2D eigenvalue weighted by Crippen LogP contribution is -2.04. The van der Waals surface area contributed by atoms with Crippen LogP contribution in [0.15, 0.2) is 35.2 Å². The third kappa shape index (κ3) is 5.07. The van der Waals surface area contributed by atoms with Crippen LogP contribution in [0.1, 0.15) is 23.7 Å². The van der Waals surface area contributed by atoms with Crippen molar-refractivity contribution in [3.8, 4) is 0 Å². The topological polar surface area (TPSA) is 89.6 Å². The fourth-order valence-electron chi connectivity index (χ4n) is 1.56. The Labute approximate surface area is 123 Å². The number of halogens is 1. The first-order valence-corrected chi connectivity index (χ1v) is 7.32. The fourth-order valence-corrected chi connectivity index (χ4v) is 2.55. The largest absolute Gasteiger partial charge is 0.444 e. The minimum absolute atomic E-state index is 0.0439. The lowest BCUT2D eigenvalue weighted by Gasteiger charge is -2.10. The van der Waals surface area contributed by atoms with Crippen LogP contribution >= 0.6 is 0 Å². The normalized spacial score (nSPS) is 13.6. The third-order valence-corrected chi connectivity index (χ3v) is 3.79. The number of rotatable bonds is 6. The molecule has 6 nitrogen and oxygen atoms in total. The van der Waals surface area contributed by atoms with Crippen LogP contribution < -0.4 is 0 Å². The van der Waals surface area contributed by atoms with Gasteiger partial charge in [0.15, 0.2) is 0 Å². The quantitative estimate of drug-likeness (QED) is 0.349. The van der Waals surface area contributed by atoms with Gasteiger partial charge in [-0.05, 0) is 18.6 Å². The van der Waals surface area contributed by atoms with Crippen molar-refractivity contribution >= 4 is 22.2 Å². The van der Waals surface area contributed by atoms with Gasteiger partial charge >= 0.3 is 5.69 Å². The molecule has 0 N–H and O–H groups in total. The van der Waals surface area contributed by atoms with Crippen LogP contribution in [0.4, 0.5) is 10.1 Å². The number of hydrogen-bond donors (Lipinski definition) is 0. The molecule has 0 saturated heterocycles.